The van der Waals surface area contributed by atoms with Gasteiger partial charge in [0.15, 0.2) is 0 Å². The minimum atomic E-state index is 0.595. The minimum absolute atomic E-state index is 0.595. The van der Waals surface area contributed by atoms with E-state index in [1.807, 2.05) is 19.1 Å². The van der Waals surface area contributed by atoms with Gasteiger partial charge < -0.3 is 20.6 Å². The highest BCUT2D eigenvalue weighted by Gasteiger charge is 2.04. The van der Waals surface area contributed by atoms with Crippen LogP contribution in [0.5, 0.6) is 0 Å². The quantitative estimate of drug-likeness (QED) is 0.334. The van der Waals surface area contributed by atoms with Gasteiger partial charge in [-0.25, -0.2) is 9.97 Å². The number of aromatic amines is 2. The number of nitrogens with zero attached hydrogens (tertiary/aromatic N) is 3. The summed E-state index contributed by atoms with van der Waals surface area (Å²) in [6.07, 6.45) is 1.76. The van der Waals surface area contributed by atoms with E-state index in [1.165, 1.54) is 16.6 Å². The average molecular weight is 397 g/mol. The van der Waals surface area contributed by atoms with E-state index in [2.05, 4.69) is 78.9 Å². The number of hydrogen-bond acceptors (Lipinski definition) is 5. The van der Waals surface area contributed by atoms with E-state index in [0.29, 0.717) is 19.0 Å². The molecule has 3 heterocycles. The standard InChI is InChI=1S/C23H23N7/c1-14-9-18-10-16(3-5-19(18)27-14)12-25-22-7-8-24-23(30-22)26-13-17-4-6-20-21(11-17)29-15(2)28-20/h3-11,27H,12-13H2,1-2H3,(H,28,29)(H2,24,25,26,30). The Hall–Kier alpha value is -3.87. The number of anilines is 2. The second-order valence-electron chi connectivity index (χ2n) is 7.52. The number of benzene rings is 2. The smallest absolute Gasteiger partial charge is 0.224 e. The fourth-order valence-corrected chi connectivity index (χ4v) is 3.65. The molecule has 0 amide bonds. The molecule has 3 aromatic heterocycles. The molecule has 7 heteroatoms. The molecular formula is C23H23N7. The number of aryl methyl sites for hydroxylation is 2. The first-order valence-corrected chi connectivity index (χ1v) is 9.97. The van der Waals surface area contributed by atoms with Gasteiger partial charge in [0, 0.05) is 30.5 Å². The Bertz CT molecular complexity index is 1230. The van der Waals surface area contributed by atoms with Gasteiger partial charge in [0.25, 0.3) is 0 Å². The summed E-state index contributed by atoms with van der Waals surface area (Å²) >= 11 is 0. The summed E-state index contributed by atoms with van der Waals surface area (Å²) in [5, 5.41) is 7.90. The van der Waals surface area contributed by atoms with Crippen LogP contribution in [0.4, 0.5) is 11.8 Å². The summed E-state index contributed by atoms with van der Waals surface area (Å²) in [7, 11) is 0. The van der Waals surface area contributed by atoms with Crippen LogP contribution in [0.1, 0.15) is 22.6 Å². The Balaban J connectivity index is 1.23. The number of aromatic nitrogens is 5. The number of hydrogen-bond donors (Lipinski definition) is 4. The first-order valence-electron chi connectivity index (χ1n) is 9.97. The zero-order chi connectivity index (χ0) is 20.5. The van der Waals surface area contributed by atoms with Crippen LogP contribution in [0.25, 0.3) is 21.9 Å². The van der Waals surface area contributed by atoms with E-state index in [-0.39, 0.29) is 0 Å². The summed E-state index contributed by atoms with van der Waals surface area (Å²) in [4.78, 5) is 20.0. The Morgan fingerprint density at radius 1 is 0.800 bits per heavy atom. The van der Waals surface area contributed by atoms with Crippen molar-refractivity contribution in [2.75, 3.05) is 10.6 Å². The SMILES string of the molecule is Cc1cc2cc(CNc3ccnc(NCc4ccc5nc(C)[nH]c5c4)n3)ccc2[nH]1. The molecule has 5 rings (SSSR count). The van der Waals surface area contributed by atoms with Gasteiger partial charge in [-0.3, -0.25) is 0 Å². The van der Waals surface area contributed by atoms with Crippen molar-refractivity contribution in [2.45, 2.75) is 26.9 Å². The van der Waals surface area contributed by atoms with Gasteiger partial charge in [-0.15, -0.1) is 0 Å². The summed E-state index contributed by atoms with van der Waals surface area (Å²) in [5.74, 6) is 2.30. The van der Waals surface area contributed by atoms with Crippen molar-refractivity contribution in [1.82, 2.24) is 24.9 Å². The molecule has 30 heavy (non-hydrogen) atoms. The van der Waals surface area contributed by atoms with Crippen LogP contribution in [0.2, 0.25) is 0 Å². The predicted molar refractivity (Wildman–Crippen MR) is 121 cm³/mol. The molecule has 0 fully saturated rings. The summed E-state index contributed by atoms with van der Waals surface area (Å²) < 4.78 is 0. The highest BCUT2D eigenvalue weighted by molar-refractivity contribution is 5.81. The second-order valence-corrected chi connectivity index (χ2v) is 7.52. The highest BCUT2D eigenvalue weighted by atomic mass is 15.1. The van der Waals surface area contributed by atoms with Gasteiger partial charge in [0.05, 0.1) is 11.0 Å². The van der Waals surface area contributed by atoms with Crippen molar-refractivity contribution in [3.63, 3.8) is 0 Å². The molecule has 0 saturated carbocycles. The van der Waals surface area contributed by atoms with Crippen LogP contribution >= 0.6 is 0 Å². The molecule has 0 bridgehead atoms. The van der Waals surface area contributed by atoms with Crippen LogP contribution in [-0.4, -0.2) is 24.9 Å². The molecule has 0 spiro atoms. The molecule has 0 aliphatic rings. The molecule has 5 aromatic rings. The number of imidazole rings is 1. The monoisotopic (exact) mass is 397 g/mol. The fraction of sp³-hybridized carbons (Fsp3) is 0.174. The first kappa shape index (κ1) is 18.2. The van der Waals surface area contributed by atoms with Gasteiger partial charge in [-0.1, -0.05) is 12.1 Å². The first-order chi connectivity index (χ1) is 14.6. The lowest BCUT2D eigenvalue weighted by molar-refractivity contribution is 1.04. The Kier molecular flexibility index (Phi) is 4.55. The maximum absolute atomic E-state index is 4.58. The maximum atomic E-state index is 4.58. The molecule has 7 nitrogen and oxygen atoms in total. The highest BCUT2D eigenvalue weighted by Crippen LogP contribution is 2.18. The lowest BCUT2D eigenvalue weighted by Crippen LogP contribution is -2.06. The van der Waals surface area contributed by atoms with Crippen LogP contribution in [0.3, 0.4) is 0 Å². The third-order valence-electron chi connectivity index (χ3n) is 5.06. The lowest BCUT2D eigenvalue weighted by atomic mass is 10.1. The topological polar surface area (TPSA) is 94.3 Å². The van der Waals surface area contributed by atoms with Crippen molar-refractivity contribution >= 4 is 33.7 Å². The molecule has 2 aromatic carbocycles. The van der Waals surface area contributed by atoms with E-state index in [1.54, 1.807) is 6.20 Å². The third-order valence-corrected chi connectivity index (χ3v) is 5.06. The molecule has 0 aliphatic carbocycles. The molecular weight excluding hydrogens is 374 g/mol. The third kappa shape index (κ3) is 3.82. The average Bonchev–Trinajstić information content (AvgIpc) is 3.30. The molecule has 4 N–H and O–H groups in total. The van der Waals surface area contributed by atoms with E-state index in [0.717, 1.165) is 33.8 Å². The van der Waals surface area contributed by atoms with Gasteiger partial charge >= 0.3 is 0 Å². The van der Waals surface area contributed by atoms with E-state index in [4.69, 9.17) is 0 Å². The molecule has 150 valence electrons. The van der Waals surface area contributed by atoms with E-state index >= 15 is 0 Å². The van der Waals surface area contributed by atoms with E-state index in [9.17, 15) is 0 Å². The minimum Gasteiger partial charge on any atom is -0.366 e. The zero-order valence-electron chi connectivity index (χ0n) is 17.0. The molecule has 0 unspecified atom stereocenters. The van der Waals surface area contributed by atoms with Crippen molar-refractivity contribution in [2.24, 2.45) is 0 Å². The summed E-state index contributed by atoms with van der Waals surface area (Å²) in [5.41, 5.74) is 6.70. The Morgan fingerprint density at radius 3 is 2.57 bits per heavy atom. The van der Waals surface area contributed by atoms with Gasteiger partial charge in [-0.2, -0.15) is 4.98 Å². The van der Waals surface area contributed by atoms with Crippen LogP contribution < -0.4 is 10.6 Å². The largest absolute Gasteiger partial charge is 0.366 e. The summed E-state index contributed by atoms with van der Waals surface area (Å²) in [6, 6.07) is 16.7. The number of nitrogens with one attached hydrogen (secondary N) is 4. The zero-order valence-corrected chi connectivity index (χ0v) is 17.0. The van der Waals surface area contributed by atoms with Gasteiger partial charge in [0.1, 0.15) is 11.6 Å². The van der Waals surface area contributed by atoms with Crippen molar-refractivity contribution in [3.05, 3.63) is 77.4 Å². The van der Waals surface area contributed by atoms with Crippen molar-refractivity contribution < 1.29 is 0 Å². The van der Waals surface area contributed by atoms with Crippen LogP contribution in [0.15, 0.2) is 54.7 Å². The van der Waals surface area contributed by atoms with Crippen LogP contribution in [0, 0.1) is 13.8 Å². The van der Waals surface area contributed by atoms with Crippen molar-refractivity contribution in [3.8, 4) is 0 Å². The molecule has 0 aliphatic heterocycles. The van der Waals surface area contributed by atoms with Crippen molar-refractivity contribution in [1.29, 1.82) is 0 Å². The maximum Gasteiger partial charge on any atom is 0.224 e. The molecule has 0 radical (unpaired) electrons. The normalized spacial score (nSPS) is 11.3. The number of rotatable bonds is 6. The van der Waals surface area contributed by atoms with E-state index < -0.39 is 0 Å². The molecule has 0 atom stereocenters. The lowest BCUT2D eigenvalue weighted by Gasteiger charge is -2.09. The van der Waals surface area contributed by atoms with Crippen LogP contribution in [-0.2, 0) is 13.1 Å². The van der Waals surface area contributed by atoms with Gasteiger partial charge in [-0.05, 0) is 66.8 Å². The fourth-order valence-electron chi connectivity index (χ4n) is 3.65. The number of H-pyrrole nitrogens is 2. The Morgan fingerprint density at radius 2 is 1.63 bits per heavy atom. The number of fused-ring (bicyclic) bond motifs is 2. The Labute approximate surface area is 174 Å². The molecule has 0 saturated heterocycles. The predicted octanol–water partition coefficient (Wildman–Crippen LogP) is 4.68. The second kappa shape index (κ2) is 7.51. The van der Waals surface area contributed by atoms with Gasteiger partial charge in [0.2, 0.25) is 5.95 Å². The summed E-state index contributed by atoms with van der Waals surface area (Å²) in [6.45, 7) is 5.37.